The van der Waals surface area contributed by atoms with Gasteiger partial charge in [-0.05, 0) is 26.2 Å². The van der Waals surface area contributed by atoms with Crippen molar-refractivity contribution in [1.29, 1.82) is 0 Å². The van der Waals surface area contributed by atoms with Gasteiger partial charge in [-0.1, -0.05) is 18.2 Å². The van der Waals surface area contributed by atoms with Crippen molar-refractivity contribution >= 4 is 12.8 Å². The van der Waals surface area contributed by atoms with E-state index in [1.54, 1.807) is 38.4 Å². The first kappa shape index (κ1) is 9.46. The Bertz CT molecular complexity index is 297. The van der Waals surface area contributed by atoms with Gasteiger partial charge >= 0.3 is 0 Å². The Morgan fingerprint density at radius 2 is 1.75 bits per heavy atom. The molecule has 0 heterocycles. The molecule has 4 heteroatoms. The van der Waals surface area contributed by atoms with Crippen LogP contribution in [0.4, 0.5) is 0 Å². The SMILES string of the molecule is CN(C)P(=O)(O)c1ccccc1. The van der Waals surface area contributed by atoms with Crippen LogP contribution in [0.5, 0.6) is 0 Å². The summed E-state index contributed by atoms with van der Waals surface area (Å²) in [5.41, 5.74) is 0. The normalized spacial score (nSPS) is 16.0. The maximum absolute atomic E-state index is 11.6. The quantitative estimate of drug-likeness (QED) is 0.700. The van der Waals surface area contributed by atoms with Crippen LogP contribution in [-0.2, 0) is 4.57 Å². The first-order chi connectivity index (χ1) is 5.55. The van der Waals surface area contributed by atoms with Crippen molar-refractivity contribution in [2.24, 2.45) is 0 Å². The molecule has 1 aromatic rings. The maximum Gasteiger partial charge on any atom is 0.299 e. The second kappa shape index (κ2) is 3.40. The third kappa shape index (κ3) is 1.75. The Hall–Kier alpha value is -0.630. The van der Waals surface area contributed by atoms with Crippen molar-refractivity contribution in [2.75, 3.05) is 14.1 Å². The van der Waals surface area contributed by atoms with Gasteiger partial charge in [0.2, 0.25) is 0 Å². The average Bonchev–Trinajstić information content (AvgIpc) is 2.06. The van der Waals surface area contributed by atoms with E-state index >= 15 is 0 Å². The van der Waals surface area contributed by atoms with Gasteiger partial charge in [0.05, 0.1) is 5.30 Å². The molecule has 0 spiro atoms. The van der Waals surface area contributed by atoms with Crippen LogP contribution in [0.2, 0.25) is 0 Å². The zero-order chi connectivity index (χ0) is 9.19. The molecule has 0 saturated heterocycles. The highest BCUT2D eigenvalue weighted by molar-refractivity contribution is 7.63. The topological polar surface area (TPSA) is 40.5 Å². The van der Waals surface area contributed by atoms with E-state index in [2.05, 4.69) is 0 Å². The van der Waals surface area contributed by atoms with Gasteiger partial charge in [0.25, 0.3) is 7.52 Å². The number of benzene rings is 1. The fourth-order valence-corrected chi connectivity index (χ4v) is 1.88. The van der Waals surface area contributed by atoms with Crippen LogP contribution >= 0.6 is 7.52 Å². The van der Waals surface area contributed by atoms with Gasteiger partial charge in [0.1, 0.15) is 0 Å². The lowest BCUT2D eigenvalue weighted by atomic mass is 10.4. The lowest BCUT2D eigenvalue weighted by Crippen LogP contribution is -2.17. The van der Waals surface area contributed by atoms with E-state index in [0.29, 0.717) is 5.30 Å². The van der Waals surface area contributed by atoms with Gasteiger partial charge in [0, 0.05) is 0 Å². The number of rotatable bonds is 2. The summed E-state index contributed by atoms with van der Waals surface area (Å²) in [7, 11) is -0.101. The molecule has 1 N–H and O–H groups in total. The van der Waals surface area contributed by atoms with Crippen LogP contribution in [0.1, 0.15) is 0 Å². The number of hydrogen-bond acceptors (Lipinski definition) is 1. The Morgan fingerprint density at radius 3 is 2.17 bits per heavy atom. The average molecular weight is 185 g/mol. The van der Waals surface area contributed by atoms with E-state index < -0.39 is 7.52 Å². The summed E-state index contributed by atoms with van der Waals surface area (Å²) in [6.45, 7) is 0. The van der Waals surface area contributed by atoms with Crippen molar-refractivity contribution in [1.82, 2.24) is 4.67 Å². The largest absolute Gasteiger partial charge is 0.330 e. The van der Waals surface area contributed by atoms with Crippen molar-refractivity contribution in [3.8, 4) is 0 Å². The summed E-state index contributed by atoms with van der Waals surface area (Å²) in [6, 6.07) is 8.63. The van der Waals surface area contributed by atoms with Gasteiger partial charge in [0.15, 0.2) is 0 Å². The maximum atomic E-state index is 11.6. The standard InChI is InChI=1S/C8H12NO2P/c1-9(2)12(10,11)8-6-4-3-5-7-8/h3-7H,1-2H3,(H,10,11). The second-order valence-electron chi connectivity index (χ2n) is 2.73. The first-order valence-electron chi connectivity index (χ1n) is 3.61. The molecule has 1 aromatic carbocycles. The summed E-state index contributed by atoms with van der Waals surface area (Å²) in [5, 5.41) is 0.468. The molecule has 1 rings (SSSR count). The molecule has 0 radical (unpaired) electrons. The Morgan fingerprint density at radius 1 is 1.25 bits per heavy atom. The molecular weight excluding hydrogens is 173 g/mol. The molecular formula is C8H12NO2P. The van der Waals surface area contributed by atoms with E-state index in [1.165, 1.54) is 4.67 Å². The molecule has 12 heavy (non-hydrogen) atoms. The summed E-state index contributed by atoms with van der Waals surface area (Å²) in [4.78, 5) is 9.54. The fourth-order valence-electron chi connectivity index (χ4n) is 0.853. The zero-order valence-corrected chi connectivity index (χ0v) is 8.03. The molecule has 0 saturated carbocycles. The van der Waals surface area contributed by atoms with Gasteiger partial charge in [-0.3, -0.25) is 4.57 Å². The third-order valence-electron chi connectivity index (χ3n) is 1.63. The summed E-state index contributed by atoms with van der Waals surface area (Å²) < 4.78 is 12.9. The summed E-state index contributed by atoms with van der Waals surface area (Å²) >= 11 is 0. The predicted octanol–water partition coefficient (Wildman–Crippen LogP) is 1.06. The van der Waals surface area contributed by atoms with Crippen LogP contribution in [0.25, 0.3) is 0 Å². The Kier molecular flexibility index (Phi) is 2.68. The van der Waals surface area contributed by atoms with Crippen LogP contribution < -0.4 is 5.30 Å². The third-order valence-corrected chi connectivity index (χ3v) is 3.69. The van der Waals surface area contributed by atoms with Crippen LogP contribution in [0, 0.1) is 0 Å². The lowest BCUT2D eigenvalue weighted by molar-refractivity contribution is 0.424. The molecule has 1 atom stereocenters. The first-order valence-corrected chi connectivity index (χ1v) is 5.22. The Labute approximate surface area is 72.1 Å². The highest BCUT2D eigenvalue weighted by atomic mass is 31.2. The van der Waals surface area contributed by atoms with Crippen LogP contribution in [-0.4, -0.2) is 23.7 Å². The lowest BCUT2D eigenvalue weighted by Gasteiger charge is -2.18. The molecule has 0 aliphatic carbocycles. The zero-order valence-electron chi connectivity index (χ0n) is 7.14. The van der Waals surface area contributed by atoms with Gasteiger partial charge < -0.3 is 4.89 Å². The van der Waals surface area contributed by atoms with Crippen molar-refractivity contribution < 1.29 is 9.46 Å². The number of hydrogen-bond donors (Lipinski definition) is 1. The Balaban J connectivity index is 3.07. The van der Waals surface area contributed by atoms with E-state index in [4.69, 9.17) is 0 Å². The minimum absolute atomic E-state index is 0.468. The van der Waals surface area contributed by atoms with E-state index in [0.717, 1.165) is 0 Å². The van der Waals surface area contributed by atoms with E-state index in [-0.39, 0.29) is 0 Å². The van der Waals surface area contributed by atoms with Crippen molar-refractivity contribution in [3.05, 3.63) is 30.3 Å². The minimum atomic E-state index is -3.28. The molecule has 0 bridgehead atoms. The number of nitrogens with zero attached hydrogens (tertiary/aromatic N) is 1. The molecule has 0 amide bonds. The molecule has 1 unspecified atom stereocenters. The van der Waals surface area contributed by atoms with Crippen LogP contribution in [0.15, 0.2) is 30.3 Å². The highest BCUT2D eigenvalue weighted by Gasteiger charge is 2.23. The molecule has 0 aliphatic heterocycles. The molecule has 0 aliphatic rings. The molecule has 0 fully saturated rings. The summed E-state index contributed by atoms with van der Waals surface area (Å²) in [6.07, 6.45) is 0. The van der Waals surface area contributed by atoms with E-state index in [9.17, 15) is 9.46 Å². The van der Waals surface area contributed by atoms with Crippen molar-refractivity contribution in [2.45, 2.75) is 0 Å². The van der Waals surface area contributed by atoms with Crippen LogP contribution in [0.3, 0.4) is 0 Å². The monoisotopic (exact) mass is 185 g/mol. The second-order valence-corrected chi connectivity index (χ2v) is 5.13. The highest BCUT2D eigenvalue weighted by Crippen LogP contribution is 2.40. The van der Waals surface area contributed by atoms with Gasteiger partial charge in [-0.15, -0.1) is 0 Å². The van der Waals surface area contributed by atoms with Crippen molar-refractivity contribution in [3.63, 3.8) is 0 Å². The molecule has 3 nitrogen and oxygen atoms in total. The van der Waals surface area contributed by atoms with Gasteiger partial charge in [-0.2, -0.15) is 0 Å². The van der Waals surface area contributed by atoms with Gasteiger partial charge in [-0.25, -0.2) is 4.67 Å². The predicted molar refractivity (Wildman–Crippen MR) is 49.6 cm³/mol. The molecule has 66 valence electrons. The summed E-state index contributed by atoms with van der Waals surface area (Å²) in [5.74, 6) is 0. The fraction of sp³-hybridized carbons (Fsp3) is 0.250. The minimum Gasteiger partial charge on any atom is -0.330 e. The smallest absolute Gasteiger partial charge is 0.299 e. The molecule has 0 aromatic heterocycles. The van der Waals surface area contributed by atoms with E-state index in [1.807, 2.05) is 6.07 Å².